The Bertz CT molecular complexity index is 378. The first kappa shape index (κ1) is 9.52. The van der Waals surface area contributed by atoms with Crippen molar-refractivity contribution < 1.29 is 9.53 Å². The summed E-state index contributed by atoms with van der Waals surface area (Å²) in [4.78, 5) is 10.9. The van der Waals surface area contributed by atoms with Crippen LogP contribution in [-0.4, -0.2) is 12.7 Å². The molecule has 0 spiro atoms. The normalized spacial score (nSPS) is 20.4. The van der Waals surface area contributed by atoms with Crippen LogP contribution in [0.25, 0.3) is 0 Å². The lowest BCUT2D eigenvalue weighted by atomic mass is 10.1. The van der Waals surface area contributed by atoms with Crippen molar-refractivity contribution >= 4 is 22.0 Å². The van der Waals surface area contributed by atoms with Crippen LogP contribution >= 0.6 is 15.9 Å². The number of nitrogens with one attached hydrogen (secondary N) is 1. The molecule has 1 aliphatic rings. The number of benzene rings is 1. The van der Waals surface area contributed by atoms with Gasteiger partial charge in [0.2, 0.25) is 0 Å². The molecule has 14 heavy (non-hydrogen) atoms. The van der Waals surface area contributed by atoms with Crippen LogP contribution in [0, 0.1) is 6.92 Å². The van der Waals surface area contributed by atoms with E-state index in [1.807, 2.05) is 25.1 Å². The molecule has 1 N–H and O–H groups in total. The number of cyclic esters (lactones) is 1. The molecule has 0 radical (unpaired) electrons. The van der Waals surface area contributed by atoms with Crippen molar-refractivity contribution in [2.24, 2.45) is 0 Å². The van der Waals surface area contributed by atoms with Gasteiger partial charge in [-0.25, -0.2) is 4.79 Å². The molecule has 74 valence electrons. The SMILES string of the molecule is Cc1ccc(Br)c([C@H]2COC(=O)N2)c1. The van der Waals surface area contributed by atoms with Gasteiger partial charge in [0, 0.05) is 4.47 Å². The highest BCUT2D eigenvalue weighted by atomic mass is 79.9. The molecular weight excluding hydrogens is 246 g/mol. The minimum absolute atomic E-state index is 0.0308. The first-order chi connectivity index (χ1) is 6.66. The number of ether oxygens (including phenoxy) is 1. The van der Waals surface area contributed by atoms with Crippen molar-refractivity contribution in [3.05, 3.63) is 33.8 Å². The van der Waals surface area contributed by atoms with Gasteiger partial charge in [0.25, 0.3) is 0 Å². The fourth-order valence-corrected chi connectivity index (χ4v) is 2.01. The third kappa shape index (κ3) is 1.75. The van der Waals surface area contributed by atoms with Crippen LogP contribution in [0.4, 0.5) is 4.79 Å². The fourth-order valence-electron chi connectivity index (χ4n) is 1.48. The maximum Gasteiger partial charge on any atom is 0.407 e. The molecule has 1 saturated heterocycles. The smallest absolute Gasteiger partial charge is 0.407 e. The second-order valence-corrected chi connectivity index (χ2v) is 4.17. The highest BCUT2D eigenvalue weighted by Crippen LogP contribution is 2.26. The molecule has 0 aliphatic carbocycles. The number of aryl methyl sites for hydroxylation is 1. The second kappa shape index (κ2) is 3.61. The van der Waals surface area contributed by atoms with E-state index in [0.29, 0.717) is 6.61 Å². The minimum Gasteiger partial charge on any atom is -0.447 e. The molecule has 3 nitrogen and oxygen atoms in total. The molecule has 0 aromatic heterocycles. The van der Waals surface area contributed by atoms with E-state index in [9.17, 15) is 4.79 Å². The summed E-state index contributed by atoms with van der Waals surface area (Å²) in [6, 6.07) is 6.01. The summed E-state index contributed by atoms with van der Waals surface area (Å²) in [5.41, 5.74) is 2.24. The van der Waals surface area contributed by atoms with Crippen molar-refractivity contribution in [1.29, 1.82) is 0 Å². The van der Waals surface area contributed by atoms with Gasteiger partial charge in [0.1, 0.15) is 6.61 Å². The van der Waals surface area contributed by atoms with E-state index in [-0.39, 0.29) is 12.1 Å². The van der Waals surface area contributed by atoms with Crippen molar-refractivity contribution in [3.63, 3.8) is 0 Å². The number of rotatable bonds is 1. The zero-order chi connectivity index (χ0) is 10.1. The molecule has 1 aromatic rings. The number of carbonyl (C=O) groups is 1. The Labute approximate surface area is 90.6 Å². The zero-order valence-corrected chi connectivity index (χ0v) is 9.30. The summed E-state index contributed by atoms with van der Waals surface area (Å²) in [7, 11) is 0. The lowest BCUT2D eigenvalue weighted by Crippen LogP contribution is -2.18. The molecule has 1 heterocycles. The molecule has 4 heteroatoms. The summed E-state index contributed by atoms with van der Waals surface area (Å²) in [6.45, 7) is 2.43. The first-order valence-corrected chi connectivity index (χ1v) is 5.15. The van der Waals surface area contributed by atoms with Gasteiger partial charge in [0.05, 0.1) is 6.04 Å². The Hall–Kier alpha value is -1.03. The van der Waals surface area contributed by atoms with Gasteiger partial charge < -0.3 is 10.1 Å². The van der Waals surface area contributed by atoms with E-state index >= 15 is 0 Å². The van der Waals surface area contributed by atoms with Gasteiger partial charge in [-0.2, -0.15) is 0 Å². The monoisotopic (exact) mass is 255 g/mol. The molecular formula is C10H10BrNO2. The predicted molar refractivity (Wildman–Crippen MR) is 56.1 cm³/mol. The zero-order valence-electron chi connectivity index (χ0n) is 7.71. The molecule has 0 bridgehead atoms. The average Bonchev–Trinajstić information content (AvgIpc) is 2.56. The summed E-state index contributed by atoms with van der Waals surface area (Å²) in [5, 5.41) is 2.75. The van der Waals surface area contributed by atoms with Crippen molar-refractivity contribution in [2.45, 2.75) is 13.0 Å². The second-order valence-electron chi connectivity index (χ2n) is 3.32. The van der Waals surface area contributed by atoms with Crippen LogP contribution in [0.15, 0.2) is 22.7 Å². The molecule has 2 rings (SSSR count). The molecule has 1 fully saturated rings. The van der Waals surface area contributed by atoms with Gasteiger partial charge in [-0.1, -0.05) is 33.6 Å². The van der Waals surface area contributed by atoms with Crippen molar-refractivity contribution in [2.75, 3.05) is 6.61 Å². The van der Waals surface area contributed by atoms with Gasteiger partial charge in [-0.3, -0.25) is 0 Å². The number of alkyl carbamates (subject to hydrolysis) is 1. The van der Waals surface area contributed by atoms with Gasteiger partial charge >= 0.3 is 6.09 Å². The van der Waals surface area contributed by atoms with Gasteiger partial charge in [0.15, 0.2) is 0 Å². The third-order valence-electron chi connectivity index (χ3n) is 2.20. The molecule has 1 aliphatic heterocycles. The molecule has 0 unspecified atom stereocenters. The van der Waals surface area contributed by atoms with Crippen LogP contribution in [0.1, 0.15) is 17.2 Å². The standard InChI is InChI=1S/C10H10BrNO2/c1-6-2-3-8(11)7(4-6)9-5-14-10(13)12-9/h2-4,9H,5H2,1H3,(H,12,13)/t9-/m1/s1. The Morgan fingerprint density at radius 2 is 2.36 bits per heavy atom. The van der Waals surface area contributed by atoms with Crippen LogP contribution in [0.5, 0.6) is 0 Å². The quantitative estimate of drug-likeness (QED) is 0.838. The molecule has 1 amide bonds. The lowest BCUT2D eigenvalue weighted by molar-refractivity contribution is 0.177. The highest BCUT2D eigenvalue weighted by molar-refractivity contribution is 9.10. The van der Waals surface area contributed by atoms with E-state index in [1.54, 1.807) is 0 Å². The Morgan fingerprint density at radius 1 is 1.57 bits per heavy atom. The van der Waals surface area contributed by atoms with Crippen molar-refractivity contribution in [3.8, 4) is 0 Å². The molecule has 1 aromatic carbocycles. The predicted octanol–water partition coefficient (Wildman–Crippen LogP) is 2.54. The first-order valence-electron chi connectivity index (χ1n) is 4.36. The van der Waals surface area contributed by atoms with Crippen LogP contribution in [-0.2, 0) is 4.74 Å². The Balaban J connectivity index is 2.31. The maximum absolute atomic E-state index is 10.9. The van der Waals surface area contributed by atoms with E-state index in [4.69, 9.17) is 4.74 Å². The number of amides is 1. The number of carbonyl (C=O) groups excluding carboxylic acids is 1. The van der Waals surface area contributed by atoms with Gasteiger partial charge in [-0.05, 0) is 18.6 Å². The summed E-state index contributed by atoms with van der Waals surface area (Å²) in [6.07, 6.45) is -0.344. The summed E-state index contributed by atoms with van der Waals surface area (Å²) < 4.78 is 5.84. The minimum atomic E-state index is -0.344. The molecule has 1 atom stereocenters. The van der Waals surface area contributed by atoms with Crippen LogP contribution in [0.3, 0.4) is 0 Å². The highest BCUT2D eigenvalue weighted by Gasteiger charge is 2.25. The van der Waals surface area contributed by atoms with E-state index < -0.39 is 0 Å². The summed E-state index contributed by atoms with van der Waals surface area (Å²) in [5.74, 6) is 0. The largest absolute Gasteiger partial charge is 0.447 e. The third-order valence-corrected chi connectivity index (χ3v) is 2.92. The van der Waals surface area contributed by atoms with Crippen molar-refractivity contribution in [1.82, 2.24) is 5.32 Å². The average molecular weight is 256 g/mol. The maximum atomic E-state index is 10.9. The topological polar surface area (TPSA) is 38.3 Å². The van der Waals surface area contributed by atoms with Gasteiger partial charge in [-0.15, -0.1) is 0 Å². The fraction of sp³-hybridized carbons (Fsp3) is 0.300. The van der Waals surface area contributed by atoms with Crippen LogP contribution in [0.2, 0.25) is 0 Å². The Kier molecular flexibility index (Phi) is 2.46. The lowest BCUT2D eigenvalue weighted by Gasteiger charge is -2.10. The molecule has 0 saturated carbocycles. The number of halogens is 1. The van der Waals surface area contributed by atoms with E-state index in [2.05, 4.69) is 21.2 Å². The number of hydrogen-bond acceptors (Lipinski definition) is 2. The summed E-state index contributed by atoms with van der Waals surface area (Å²) >= 11 is 3.45. The number of hydrogen-bond donors (Lipinski definition) is 1. The van der Waals surface area contributed by atoms with Crippen LogP contribution < -0.4 is 5.32 Å². The Morgan fingerprint density at radius 3 is 3.00 bits per heavy atom. The van der Waals surface area contributed by atoms with E-state index in [1.165, 1.54) is 5.56 Å². The van der Waals surface area contributed by atoms with E-state index in [0.717, 1.165) is 10.0 Å².